The van der Waals surface area contributed by atoms with Gasteiger partial charge < -0.3 is 10.2 Å². The van der Waals surface area contributed by atoms with Crippen LogP contribution in [0, 0.1) is 28.6 Å². The number of ketones is 1. The molecule has 0 aliphatic heterocycles. The standard InChI is InChI=1S/C19H28O3/c1-18-8-7-16-14(15(18)4-5-17(18)22)3-2-12-10-13(21)6-9-19(12,16)11-20/h2,13-16,20-21H,3-11H2,1H3/t13-,14+,15+,16+,18+,19+/m0/s1. The van der Waals surface area contributed by atoms with Crippen LogP contribution in [-0.2, 0) is 4.79 Å². The largest absolute Gasteiger partial charge is 0.395 e. The molecule has 3 saturated carbocycles. The van der Waals surface area contributed by atoms with Gasteiger partial charge in [0.15, 0.2) is 0 Å². The number of rotatable bonds is 1. The van der Waals surface area contributed by atoms with Crippen LogP contribution in [0.4, 0.5) is 0 Å². The molecule has 4 aliphatic carbocycles. The van der Waals surface area contributed by atoms with Gasteiger partial charge in [-0.15, -0.1) is 0 Å². The minimum atomic E-state index is -0.232. The van der Waals surface area contributed by atoms with E-state index < -0.39 is 0 Å². The number of aliphatic hydroxyl groups excluding tert-OH is 2. The van der Waals surface area contributed by atoms with Gasteiger partial charge in [-0.1, -0.05) is 18.6 Å². The lowest BCUT2D eigenvalue weighted by Gasteiger charge is -2.57. The van der Waals surface area contributed by atoms with Crippen molar-refractivity contribution in [3.05, 3.63) is 11.6 Å². The van der Waals surface area contributed by atoms with E-state index in [0.717, 1.165) is 51.4 Å². The van der Waals surface area contributed by atoms with E-state index in [1.807, 2.05) is 0 Å². The summed E-state index contributed by atoms with van der Waals surface area (Å²) in [5, 5.41) is 20.3. The number of fused-ring (bicyclic) bond motifs is 5. The Morgan fingerprint density at radius 3 is 2.82 bits per heavy atom. The van der Waals surface area contributed by atoms with Crippen LogP contribution in [0.25, 0.3) is 0 Å². The van der Waals surface area contributed by atoms with E-state index in [1.165, 1.54) is 5.57 Å². The Kier molecular flexibility index (Phi) is 3.32. The van der Waals surface area contributed by atoms with Crippen molar-refractivity contribution in [3.63, 3.8) is 0 Å². The number of hydrogen-bond donors (Lipinski definition) is 2. The monoisotopic (exact) mass is 304 g/mol. The van der Waals surface area contributed by atoms with Crippen molar-refractivity contribution in [2.24, 2.45) is 28.6 Å². The van der Waals surface area contributed by atoms with Gasteiger partial charge in [0, 0.05) is 17.3 Å². The van der Waals surface area contributed by atoms with Gasteiger partial charge in [-0.25, -0.2) is 0 Å². The molecule has 0 bridgehead atoms. The van der Waals surface area contributed by atoms with Gasteiger partial charge in [-0.2, -0.15) is 0 Å². The topological polar surface area (TPSA) is 57.5 Å². The van der Waals surface area contributed by atoms with Crippen molar-refractivity contribution in [1.82, 2.24) is 0 Å². The van der Waals surface area contributed by atoms with E-state index in [-0.39, 0.29) is 23.5 Å². The second kappa shape index (κ2) is 4.91. The molecule has 0 saturated heterocycles. The predicted octanol–water partition coefficient (Wildman–Crippen LogP) is 2.85. The van der Waals surface area contributed by atoms with Gasteiger partial charge in [-0.3, -0.25) is 4.79 Å². The Balaban J connectivity index is 1.72. The van der Waals surface area contributed by atoms with Gasteiger partial charge in [0.05, 0.1) is 12.7 Å². The van der Waals surface area contributed by atoms with Crippen molar-refractivity contribution in [2.45, 2.75) is 64.4 Å². The van der Waals surface area contributed by atoms with Crippen LogP contribution >= 0.6 is 0 Å². The highest BCUT2D eigenvalue weighted by molar-refractivity contribution is 5.87. The van der Waals surface area contributed by atoms with Crippen molar-refractivity contribution in [1.29, 1.82) is 0 Å². The van der Waals surface area contributed by atoms with Crippen LogP contribution in [0.2, 0.25) is 0 Å². The summed E-state index contributed by atoms with van der Waals surface area (Å²) in [5.74, 6) is 2.04. The number of allylic oxidation sites excluding steroid dienone is 1. The normalized spacial score (nSPS) is 50.9. The summed E-state index contributed by atoms with van der Waals surface area (Å²) >= 11 is 0. The third-order valence-electron chi connectivity index (χ3n) is 7.79. The Hall–Kier alpha value is -0.670. The van der Waals surface area contributed by atoms with E-state index in [2.05, 4.69) is 13.0 Å². The molecule has 6 atom stereocenters. The Morgan fingerprint density at radius 1 is 1.23 bits per heavy atom. The zero-order valence-electron chi connectivity index (χ0n) is 13.6. The van der Waals surface area contributed by atoms with Crippen molar-refractivity contribution < 1.29 is 15.0 Å². The van der Waals surface area contributed by atoms with Crippen molar-refractivity contribution in [2.75, 3.05) is 6.61 Å². The molecule has 3 heteroatoms. The molecule has 122 valence electrons. The summed E-state index contributed by atoms with van der Waals surface area (Å²) in [4.78, 5) is 12.4. The summed E-state index contributed by atoms with van der Waals surface area (Å²) in [5.41, 5.74) is 1.11. The second-order valence-electron chi connectivity index (χ2n) is 8.47. The lowest BCUT2D eigenvalue weighted by molar-refractivity contribution is -0.133. The molecular formula is C19H28O3. The molecule has 0 radical (unpaired) electrons. The fourth-order valence-corrected chi connectivity index (χ4v) is 6.50. The molecule has 3 fully saturated rings. The summed E-state index contributed by atoms with van der Waals surface area (Å²) in [6.07, 6.45) is 9.45. The Morgan fingerprint density at radius 2 is 2.05 bits per heavy atom. The fraction of sp³-hybridized carbons (Fsp3) is 0.842. The fourth-order valence-electron chi connectivity index (χ4n) is 6.50. The molecule has 22 heavy (non-hydrogen) atoms. The smallest absolute Gasteiger partial charge is 0.139 e. The number of Topliss-reactive ketones (excluding diaryl/α,β-unsaturated/α-hetero) is 1. The van der Waals surface area contributed by atoms with Crippen LogP contribution in [0.1, 0.15) is 58.3 Å². The highest BCUT2D eigenvalue weighted by Crippen LogP contribution is 2.63. The van der Waals surface area contributed by atoms with Gasteiger partial charge >= 0.3 is 0 Å². The maximum atomic E-state index is 12.4. The minimum Gasteiger partial charge on any atom is -0.395 e. The molecule has 4 rings (SSSR count). The second-order valence-corrected chi connectivity index (χ2v) is 8.47. The molecule has 0 aromatic carbocycles. The number of hydrogen-bond acceptors (Lipinski definition) is 3. The first-order chi connectivity index (χ1) is 10.5. The quantitative estimate of drug-likeness (QED) is 0.732. The Bertz CT molecular complexity index is 525. The molecule has 0 aromatic rings. The van der Waals surface area contributed by atoms with E-state index in [0.29, 0.717) is 23.5 Å². The first kappa shape index (κ1) is 14.9. The van der Waals surface area contributed by atoms with Crippen LogP contribution in [0.3, 0.4) is 0 Å². The van der Waals surface area contributed by atoms with Crippen molar-refractivity contribution in [3.8, 4) is 0 Å². The average Bonchev–Trinajstić information content (AvgIpc) is 2.82. The molecule has 0 heterocycles. The number of aliphatic hydroxyl groups is 2. The van der Waals surface area contributed by atoms with E-state index >= 15 is 0 Å². The van der Waals surface area contributed by atoms with Crippen LogP contribution in [0.15, 0.2) is 11.6 Å². The minimum absolute atomic E-state index is 0.0999. The van der Waals surface area contributed by atoms with E-state index in [1.54, 1.807) is 0 Å². The summed E-state index contributed by atoms with van der Waals surface area (Å²) in [7, 11) is 0. The van der Waals surface area contributed by atoms with Crippen LogP contribution in [-0.4, -0.2) is 28.7 Å². The van der Waals surface area contributed by atoms with E-state index in [4.69, 9.17) is 0 Å². The molecule has 0 aromatic heterocycles. The molecule has 0 unspecified atom stereocenters. The zero-order chi connectivity index (χ0) is 15.5. The summed E-state index contributed by atoms with van der Waals surface area (Å²) in [6, 6.07) is 0. The maximum absolute atomic E-state index is 12.4. The molecule has 0 spiro atoms. The molecule has 2 N–H and O–H groups in total. The van der Waals surface area contributed by atoms with Gasteiger partial charge in [0.1, 0.15) is 5.78 Å². The van der Waals surface area contributed by atoms with Crippen molar-refractivity contribution >= 4 is 5.78 Å². The first-order valence-electron chi connectivity index (χ1n) is 9.03. The maximum Gasteiger partial charge on any atom is 0.139 e. The number of carbonyl (C=O) groups is 1. The highest BCUT2D eigenvalue weighted by atomic mass is 16.3. The molecule has 0 amide bonds. The molecule has 3 nitrogen and oxygen atoms in total. The lowest BCUT2D eigenvalue weighted by atomic mass is 9.47. The SMILES string of the molecule is C[C@@]12CC[C@@H]3[C@H](CC=C4C[C@@H](O)CC[C@@]43CO)[C@H]1CCC2=O. The van der Waals surface area contributed by atoms with Gasteiger partial charge in [0.25, 0.3) is 0 Å². The third-order valence-corrected chi connectivity index (χ3v) is 7.79. The predicted molar refractivity (Wildman–Crippen MR) is 84.1 cm³/mol. The van der Waals surface area contributed by atoms with Gasteiger partial charge in [0.2, 0.25) is 0 Å². The Labute approximate surface area is 132 Å². The third kappa shape index (κ3) is 1.78. The lowest BCUT2D eigenvalue weighted by Crippen LogP contribution is -2.53. The summed E-state index contributed by atoms with van der Waals surface area (Å²) < 4.78 is 0. The first-order valence-corrected chi connectivity index (χ1v) is 9.03. The molecular weight excluding hydrogens is 276 g/mol. The highest BCUT2D eigenvalue weighted by Gasteiger charge is 2.59. The van der Waals surface area contributed by atoms with Crippen LogP contribution in [0.5, 0.6) is 0 Å². The zero-order valence-corrected chi connectivity index (χ0v) is 13.6. The number of carbonyl (C=O) groups excluding carboxylic acids is 1. The average molecular weight is 304 g/mol. The molecule has 4 aliphatic rings. The summed E-state index contributed by atoms with van der Waals surface area (Å²) in [6.45, 7) is 2.41. The van der Waals surface area contributed by atoms with Gasteiger partial charge in [-0.05, 0) is 62.7 Å². The van der Waals surface area contributed by atoms with Crippen LogP contribution < -0.4 is 0 Å². The van der Waals surface area contributed by atoms with E-state index in [9.17, 15) is 15.0 Å².